The Labute approximate surface area is 142 Å². The normalized spacial score (nSPS) is 14.0. The highest BCUT2D eigenvalue weighted by atomic mass is 16.6. The van der Waals surface area contributed by atoms with Crippen molar-refractivity contribution in [2.75, 3.05) is 0 Å². The van der Waals surface area contributed by atoms with Crippen molar-refractivity contribution in [2.24, 2.45) is 11.7 Å². The van der Waals surface area contributed by atoms with Crippen LogP contribution in [0.5, 0.6) is 0 Å². The van der Waals surface area contributed by atoms with Gasteiger partial charge in [0.25, 0.3) is 5.78 Å². The van der Waals surface area contributed by atoms with Crippen molar-refractivity contribution < 1.29 is 23.9 Å². The lowest BCUT2D eigenvalue weighted by atomic mass is 9.90. The minimum Gasteiger partial charge on any atom is -0.459 e. The van der Waals surface area contributed by atoms with Crippen molar-refractivity contribution in [2.45, 2.75) is 52.4 Å². The van der Waals surface area contributed by atoms with Crippen molar-refractivity contribution >= 4 is 17.7 Å². The molecule has 6 nitrogen and oxygen atoms in total. The van der Waals surface area contributed by atoms with E-state index in [1.807, 2.05) is 0 Å². The fourth-order valence-corrected chi connectivity index (χ4v) is 2.05. The van der Waals surface area contributed by atoms with E-state index in [4.69, 9.17) is 15.2 Å². The Morgan fingerprint density at radius 1 is 1.04 bits per heavy atom. The molecule has 1 aromatic rings. The maximum atomic E-state index is 12.5. The van der Waals surface area contributed by atoms with Gasteiger partial charge in [-0.2, -0.15) is 0 Å². The van der Waals surface area contributed by atoms with Crippen LogP contribution in [0.2, 0.25) is 0 Å². The Morgan fingerprint density at radius 3 is 2.04 bits per heavy atom. The molecule has 0 radical (unpaired) electrons. The molecule has 0 amide bonds. The molecule has 6 heteroatoms. The zero-order chi connectivity index (χ0) is 18.5. The largest absolute Gasteiger partial charge is 0.459 e. The highest BCUT2D eigenvalue weighted by molar-refractivity contribution is 6.38. The molecular formula is C18H25NO5. The fourth-order valence-electron chi connectivity index (χ4n) is 2.05. The monoisotopic (exact) mass is 335 g/mol. The average Bonchev–Trinajstić information content (AvgIpc) is 2.45. The number of hydrogen-bond donors (Lipinski definition) is 1. The molecule has 0 aromatic heterocycles. The summed E-state index contributed by atoms with van der Waals surface area (Å²) in [7, 11) is 0. The number of ether oxygens (including phenoxy) is 2. The van der Waals surface area contributed by atoms with E-state index in [9.17, 15) is 14.4 Å². The summed E-state index contributed by atoms with van der Waals surface area (Å²) in [6.07, 6.45) is -0.478. The van der Waals surface area contributed by atoms with Gasteiger partial charge in [-0.05, 0) is 40.2 Å². The van der Waals surface area contributed by atoms with Gasteiger partial charge in [-0.15, -0.1) is 0 Å². The summed E-state index contributed by atoms with van der Waals surface area (Å²) in [6.45, 7) is 8.25. The van der Waals surface area contributed by atoms with E-state index in [1.54, 1.807) is 65.0 Å². The molecule has 2 atom stereocenters. The van der Waals surface area contributed by atoms with E-state index < -0.39 is 41.4 Å². The number of carbonyl (C=O) groups excluding carboxylic acids is 3. The van der Waals surface area contributed by atoms with Crippen LogP contribution in [-0.4, -0.2) is 29.4 Å². The second kappa shape index (κ2) is 8.06. The van der Waals surface area contributed by atoms with Gasteiger partial charge in [-0.3, -0.25) is 9.59 Å². The van der Waals surface area contributed by atoms with Crippen LogP contribution in [0.3, 0.4) is 0 Å². The number of nitrogens with two attached hydrogens (primary N) is 1. The van der Waals surface area contributed by atoms with Crippen LogP contribution < -0.4 is 5.73 Å². The number of esters is 2. The summed E-state index contributed by atoms with van der Waals surface area (Å²) >= 11 is 0. The summed E-state index contributed by atoms with van der Waals surface area (Å²) < 4.78 is 10.2. The Kier molecular flexibility index (Phi) is 6.66. The van der Waals surface area contributed by atoms with Crippen LogP contribution >= 0.6 is 0 Å². The van der Waals surface area contributed by atoms with E-state index in [2.05, 4.69) is 0 Å². The predicted octanol–water partition coefficient (Wildman–Crippen LogP) is 2.16. The molecule has 0 saturated heterocycles. The highest BCUT2D eigenvalue weighted by Crippen LogP contribution is 2.24. The van der Waals surface area contributed by atoms with Gasteiger partial charge in [0.15, 0.2) is 0 Å². The number of Topliss-reactive ketones (excluding diaryl/α,β-unsaturated/α-hetero) is 1. The summed E-state index contributed by atoms with van der Waals surface area (Å²) in [5.74, 6) is -4.40. The molecule has 1 aromatic carbocycles. The first-order chi connectivity index (χ1) is 11.0. The molecule has 0 aliphatic carbocycles. The number of rotatable bonds is 6. The SMILES string of the molecule is CC(C)OC(=O)C(=O)[C@@H](C(=O)OC(C)(C)C)C(N)c1ccccc1. The third kappa shape index (κ3) is 5.77. The Morgan fingerprint density at radius 2 is 1.58 bits per heavy atom. The highest BCUT2D eigenvalue weighted by Gasteiger charge is 2.41. The van der Waals surface area contributed by atoms with E-state index in [0.29, 0.717) is 5.56 Å². The van der Waals surface area contributed by atoms with Crippen molar-refractivity contribution in [1.82, 2.24) is 0 Å². The molecule has 0 bridgehead atoms. The lowest BCUT2D eigenvalue weighted by Gasteiger charge is -2.26. The molecule has 0 spiro atoms. The van der Waals surface area contributed by atoms with Gasteiger partial charge in [0.05, 0.1) is 12.1 Å². The predicted molar refractivity (Wildman–Crippen MR) is 88.9 cm³/mol. The lowest BCUT2D eigenvalue weighted by Crippen LogP contribution is -2.42. The van der Waals surface area contributed by atoms with Crippen molar-refractivity contribution in [1.29, 1.82) is 0 Å². The van der Waals surface area contributed by atoms with E-state index in [-0.39, 0.29) is 0 Å². The van der Waals surface area contributed by atoms with Gasteiger partial charge in [-0.1, -0.05) is 30.3 Å². The number of ketones is 1. The number of benzene rings is 1. The third-order valence-electron chi connectivity index (χ3n) is 3.03. The molecule has 24 heavy (non-hydrogen) atoms. The Balaban J connectivity index is 3.14. The maximum absolute atomic E-state index is 12.5. The van der Waals surface area contributed by atoms with Crippen LogP contribution in [-0.2, 0) is 23.9 Å². The molecule has 0 aliphatic heterocycles. The zero-order valence-corrected chi connectivity index (χ0v) is 14.7. The van der Waals surface area contributed by atoms with Crippen LogP contribution in [0.15, 0.2) is 30.3 Å². The molecule has 0 fully saturated rings. The van der Waals surface area contributed by atoms with Crippen LogP contribution in [0, 0.1) is 5.92 Å². The fraction of sp³-hybridized carbons (Fsp3) is 0.500. The smallest absolute Gasteiger partial charge is 0.375 e. The van der Waals surface area contributed by atoms with Gasteiger partial charge < -0.3 is 15.2 Å². The van der Waals surface area contributed by atoms with E-state index in [1.165, 1.54) is 0 Å². The molecule has 0 saturated carbocycles. The first-order valence-corrected chi connectivity index (χ1v) is 7.81. The van der Waals surface area contributed by atoms with Crippen molar-refractivity contribution in [3.05, 3.63) is 35.9 Å². The molecular weight excluding hydrogens is 310 g/mol. The van der Waals surface area contributed by atoms with Gasteiger partial charge in [0, 0.05) is 0 Å². The first-order valence-electron chi connectivity index (χ1n) is 7.81. The van der Waals surface area contributed by atoms with Gasteiger partial charge in [0.2, 0.25) is 0 Å². The molecule has 0 aliphatic rings. The van der Waals surface area contributed by atoms with E-state index >= 15 is 0 Å². The lowest BCUT2D eigenvalue weighted by molar-refractivity contribution is -0.169. The van der Waals surface area contributed by atoms with Crippen LogP contribution in [0.4, 0.5) is 0 Å². The van der Waals surface area contributed by atoms with E-state index in [0.717, 1.165) is 0 Å². The topological polar surface area (TPSA) is 95.7 Å². The van der Waals surface area contributed by atoms with Crippen LogP contribution in [0.25, 0.3) is 0 Å². The number of hydrogen-bond acceptors (Lipinski definition) is 6. The quantitative estimate of drug-likeness (QED) is 0.486. The average molecular weight is 335 g/mol. The summed E-state index contributed by atoms with van der Waals surface area (Å²) in [6, 6.07) is 7.62. The van der Waals surface area contributed by atoms with Gasteiger partial charge in [0.1, 0.15) is 11.5 Å². The molecule has 1 rings (SSSR count). The van der Waals surface area contributed by atoms with Crippen molar-refractivity contribution in [3.63, 3.8) is 0 Å². The second-order valence-electron chi connectivity index (χ2n) is 6.77. The summed E-state index contributed by atoms with van der Waals surface area (Å²) in [4.78, 5) is 36.9. The summed E-state index contributed by atoms with van der Waals surface area (Å²) in [5, 5.41) is 0. The van der Waals surface area contributed by atoms with Gasteiger partial charge >= 0.3 is 11.9 Å². The zero-order valence-electron chi connectivity index (χ0n) is 14.7. The molecule has 0 heterocycles. The summed E-state index contributed by atoms with van der Waals surface area (Å²) in [5.41, 5.74) is 5.84. The standard InChI is InChI=1S/C18H25NO5/c1-11(2)23-17(22)15(20)13(16(21)24-18(3,4)5)14(19)12-9-7-6-8-10-12/h6-11,13-14H,19H2,1-5H3/t13-,14?/m0/s1. The van der Waals surface area contributed by atoms with Gasteiger partial charge in [-0.25, -0.2) is 4.79 Å². The first kappa shape index (κ1) is 19.8. The Bertz CT molecular complexity index is 589. The molecule has 132 valence electrons. The minimum absolute atomic E-state index is 0.478. The van der Waals surface area contributed by atoms with Crippen molar-refractivity contribution in [3.8, 4) is 0 Å². The Hall–Kier alpha value is -2.21. The number of carbonyl (C=O) groups is 3. The molecule has 1 unspecified atom stereocenters. The van der Waals surface area contributed by atoms with Crippen LogP contribution in [0.1, 0.15) is 46.2 Å². The minimum atomic E-state index is -1.46. The third-order valence-corrected chi connectivity index (χ3v) is 3.03. The maximum Gasteiger partial charge on any atom is 0.375 e. The molecule has 2 N–H and O–H groups in total. The second-order valence-corrected chi connectivity index (χ2v) is 6.77.